The van der Waals surface area contributed by atoms with Crippen LogP contribution in [-0.4, -0.2) is 12.3 Å². The predicted octanol–water partition coefficient (Wildman–Crippen LogP) is 3.23. The van der Waals surface area contributed by atoms with Crippen LogP contribution in [0.1, 0.15) is 47.0 Å². The average molecular weight is 183 g/mol. The molecule has 0 atom stereocenters. The van der Waals surface area contributed by atoms with E-state index in [0.29, 0.717) is 5.92 Å². The molecule has 0 amide bonds. The second-order valence-corrected chi connectivity index (χ2v) is 4.97. The summed E-state index contributed by atoms with van der Waals surface area (Å²) in [4.78, 5) is 5.30. The van der Waals surface area contributed by atoms with Gasteiger partial charge in [-0.1, -0.05) is 32.9 Å². The highest BCUT2D eigenvalue weighted by Crippen LogP contribution is 2.34. The Kier molecular flexibility index (Phi) is 3.34. The minimum atomic E-state index is 0.275. The van der Waals surface area contributed by atoms with Crippen LogP contribution in [0.5, 0.6) is 0 Å². The van der Waals surface area contributed by atoms with Crippen LogP contribution in [0.4, 0.5) is 0 Å². The highest BCUT2D eigenvalue weighted by atomic mass is 16.6. The van der Waals surface area contributed by atoms with Gasteiger partial charge in [0.15, 0.2) is 0 Å². The Morgan fingerprint density at radius 1 is 1.46 bits per heavy atom. The summed E-state index contributed by atoms with van der Waals surface area (Å²) < 4.78 is 0. The van der Waals surface area contributed by atoms with Gasteiger partial charge in [0, 0.05) is 5.41 Å². The largest absolute Gasteiger partial charge is 0.396 e. The Hall–Kier alpha value is -0.530. The summed E-state index contributed by atoms with van der Waals surface area (Å²) in [6, 6.07) is 0. The smallest absolute Gasteiger partial charge is 0.119 e. The highest BCUT2D eigenvalue weighted by Gasteiger charge is 2.30. The molecule has 0 heterocycles. The molecule has 0 aromatic carbocycles. The quantitative estimate of drug-likeness (QED) is 0.616. The van der Waals surface area contributed by atoms with Crippen LogP contribution in [-0.2, 0) is 4.84 Å². The molecule has 76 valence electrons. The lowest BCUT2D eigenvalue weighted by Gasteiger charge is -2.17. The normalized spacial score (nSPS) is 24.2. The third kappa shape index (κ3) is 3.02. The number of hydrogen-bond acceptors (Lipinski definition) is 2. The maximum absolute atomic E-state index is 5.30. The fraction of sp³-hybridized carbons (Fsp3) is 0.909. The molecule has 0 N–H and O–H groups in total. The van der Waals surface area contributed by atoms with Gasteiger partial charge in [-0.2, -0.15) is 0 Å². The maximum atomic E-state index is 5.30. The van der Waals surface area contributed by atoms with Gasteiger partial charge in [-0.15, -0.1) is 0 Å². The Balaban J connectivity index is 2.42. The molecular weight excluding hydrogens is 162 g/mol. The molecular formula is C11H21NO. The van der Waals surface area contributed by atoms with Crippen molar-refractivity contribution in [2.75, 3.05) is 6.61 Å². The van der Waals surface area contributed by atoms with Crippen molar-refractivity contribution in [1.29, 1.82) is 0 Å². The fourth-order valence-electron chi connectivity index (χ4n) is 1.61. The lowest BCUT2D eigenvalue weighted by Crippen LogP contribution is -2.17. The van der Waals surface area contributed by atoms with Crippen LogP contribution < -0.4 is 0 Å². The number of oxime groups is 1. The van der Waals surface area contributed by atoms with Crippen molar-refractivity contribution in [3.63, 3.8) is 0 Å². The zero-order valence-electron chi connectivity index (χ0n) is 9.26. The van der Waals surface area contributed by atoms with E-state index in [9.17, 15) is 0 Å². The molecule has 13 heavy (non-hydrogen) atoms. The van der Waals surface area contributed by atoms with Gasteiger partial charge < -0.3 is 4.84 Å². The molecule has 0 spiro atoms. The van der Waals surface area contributed by atoms with Gasteiger partial charge in [0.05, 0.1) is 5.71 Å². The molecule has 2 heteroatoms. The van der Waals surface area contributed by atoms with Crippen LogP contribution in [0.15, 0.2) is 5.16 Å². The van der Waals surface area contributed by atoms with E-state index in [-0.39, 0.29) is 5.41 Å². The van der Waals surface area contributed by atoms with Gasteiger partial charge in [0.1, 0.15) is 6.61 Å². The Morgan fingerprint density at radius 2 is 2.15 bits per heavy atom. The van der Waals surface area contributed by atoms with Crippen molar-refractivity contribution in [1.82, 2.24) is 0 Å². The third-order valence-electron chi connectivity index (χ3n) is 2.58. The Morgan fingerprint density at radius 3 is 2.62 bits per heavy atom. The molecule has 0 saturated heterocycles. The lowest BCUT2D eigenvalue weighted by atomic mass is 9.90. The van der Waals surface area contributed by atoms with Crippen molar-refractivity contribution in [3.05, 3.63) is 0 Å². The zero-order chi connectivity index (χ0) is 9.90. The van der Waals surface area contributed by atoms with Crippen LogP contribution in [0.25, 0.3) is 0 Å². The molecule has 0 radical (unpaired) electrons. The zero-order valence-corrected chi connectivity index (χ0v) is 9.26. The van der Waals surface area contributed by atoms with Gasteiger partial charge in [-0.3, -0.25) is 0 Å². The van der Waals surface area contributed by atoms with E-state index in [2.05, 4.69) is 32.9 Å². The summed E-state index contributed by atoms with van der Waals surface area (Å²) in [5, 5.41) is 4.23. The molecule has 2 nitrogen and oxygen atoms in total. The maximum Gasteiger partial charge on any atom is 0.119 e. The standard InChI is InChI=1S/C11H21NO/c1-9(2)8-13-12-10-6-5-7-11(10,3)4/h9H,5-8H2,1-4H3/b12-10-. The number of nitrogens with zero attached hydrogens (tertiary/aromatic N) is 1. The summed E-state index contributed by atoms with van der Waals surface area (Å²) in [5.41, 5.74) is 1.52. The summed E-state index contributed by atoms with van der Waals surface area (Å²) in [7, 11) is 0. The second-order valence-electron chi connectivity index (χ2n) is 4.97. The first-order valence-corrected chi connectivity index (χ1v) is 5.21. The molecule has 0 bridgehead atoms. The first-order valence-electron chi connectivity index (χ1n) is 5.21. The van der Waals surface area contributed by atoms with Gasteiger partial charge >= 0.3 is 0 Å². The summed E-state index contributed by atoms with van der Waals surface area (Å²) in [5.74, 6) is 0.564. The Labute approximate surface area is 81.3 Å². The first-order chi connectivity index (χ1) is 6.02. The molecule has 0 aromatic heterocycles. The van der Waals surface area contributed by atoms with E-state index < -0.39 is 0 Å². The molecule has 1 rings (SSSR count). The van der Waals surface area contributed by atoms with Crippen LogP contribution >= 0.6 is 0 Å². The van der Waals surface area contributed by atoms with Crippen molar-refractivity contribution >= 4 is 5.71 Å². The van der Waals surface area contributed by atoms with Crippen LogP contribution in [0.2, 0.25) is 0 Å². The van der Waals surface area contributed by atoms with E-state index >= 15 is 0 Å². The average Bonchev–Trinajstić information content (AvgIpc) is 2.30. The van der Waals surface area contributed by atoms with E-state index in [1.807, 2.05) is 0 Å². The van der Waals surface area contributed by atoms with Gasteiger partial charge in [-0.05, 0) is 25.2 Å². The first kappa shape index (κ1) is 10.6. The predicted molar refractivity (Wildman–Crippen MR) is 55.9 cm³/mol. The minimum absolute atomic E-state index is 0.275. The SMILES string of the molecule is CC(C)CO/N=C1/CCCC1(C)C. The van der Waals surface area contributed by atoms with Crippen molar-refractivity contribution in [2.24, 2.45) is 16.5 Å². The monoisotopic (exact) mass is 183 g/mol. The minimum Gasteiger partial charge on any atom is -0.396 e. The molecule has 1 saturated carbocycles. The van der Waals surface area contributed by atoms with E-state index in [4.69, 9.17) is 4.84 Å². The molecule has 1 fully saturated rings. The summed E-state index contributed by atoms with van der Waals surface area (Å²) >= 11 is 0. The van der Waals surface area contributed by atoms with Crippen LogP contribution in [0.3, 0.4) is 0 Å². The van der Waals surface area contributed by atoms with Gasteiger partial charge in [-0.25, -0.2) is 0 Å². The van der Waals surface area contributed by atoms with Gasteiger partial charge in [0.25, 0.3) is 0 Å². The molecule has 1 aliphatic carbocycles. The van der Waals surface area contributed by atoms with Gasteiger partial charge in [0.2, 0.25) is 0 Å². The Bertz CT molecular complexity index is 194. The van der Waals surface area contributed by atoms with Crippen molar-refractivity contribution in [2.45, 2.75) is 47.0 Å². The second kappa shape index (κ2) is 4.12. The van der Waals surface area contributed by atoms with E-state index in [1.54, 1.807) is 0 Å². The van der Waals surface area contributed by atoms with Crippen molar-refractivity contribution in [3.8, 4) is 0 Å². The molecule has 0 aliphatic heterocycles. The molecule has 0 aromatic rings. The summed E-state index contributed by atoms with van der Waals surface area (Å²) in [6.45, 7) is 9.51. The molecule has 0 unspecified atom stereocenters. The summed E-state index contributed by atoms with van der Waals surface area (Å²) in [6.07, 6.45) is 3.62. The number of hydrogen-bond donors (Lipinski definition) is 0. The highest BCUT2D eigenvalue weighted by molar-refractivity contribution is 5.90. The molecule has 1 aliphatic rings. The van der Waals surface area contributed by atoms with E-state index in [0.717, 1.165) is 13.0 Å². The van der Waals surface area contributed by atoms with Crippen molar-refractivity contribution < 1.29 is 4.84 Å². The lowest BCUT2D eigenvalue weighted by molar-refractivity contribution is 0.116. The van der Waals surface area contributed by atoms with Crippen LogP contribution in [0, 0.1) is 11.3 Å². The topological polar surface area (TPSA) is 21.6 Å². The number of rotatable bonds is 3. The van der Waals surface area contributed by atoms with E-state index in [1.165, 1.54) is 18.6 Å². The fourth-order valence-corrected chi connectivity index (χ4v) is 1.61. The third-order valence-corrected chi connectivity index (χ3v) is 2.58.